The smallest absolute Gasteiger partial charge is 0.0957 e. The summed E-state index contributed by atoms with van der Waals surface area (Å²) in [7, 11) is 0. The molecule has 0 heterocycles. The van der Waals surface area contributed by atoms with Crippen LogP contribution < -0.4 is 5.32 Å². The molecule has 0 spiro atoms. The molecule has 1 atom stereocenters. The molecule has 25 heavy (non-hydrogen) atoms. The van der Waals surface area contributed by atoms with Crippen LogP contribution in [0.1, 0.15) is 22.7 Å². The molecular formula is C23H21NS. The molecule has 0 amide bonds. The molecule has 3 rings (SSSR count). The molecule has 3 aromatic carbocycles. The Kier molecular flexibility index (Phi) is 6.76. The number of benzene rings is 3. The van der Waals surface area contributed by atoms with E-state index in [1.165, 1.54) is 16.7 Å². The second kappa shape index (κ2) is 9.74. The molecule has 3 aromatic rings. The standard InChI is InChI=1S/C23H21NS/c1-4-10-20(11-5-1)18-24-23(22-14-8-3-9-15-22)16-17-25-19-21-12-6-2-7-13-21/h1-15,23-24H,18-19H2. The number of rotatable bonds is 6. The Bertz CT molecular complexity index is 804. The minimum atomic E-state index is 0.0321. The fraction of sp³-hybridized carbons (Fsp3) is 0.130. The van der Waals surface area contributed by atoms with Gasteiger partial charge in [0.15, 0.2) is 0 Å². The van der Waals surface area contributed by atoms with Crippen molar-refractivity contribution in [3.63, 3.8) is 0 Å². The Labute approximate surface area is 154 Å². The van der Waals surface area contributed by atoms with Gasteiger partial charge in [-0.25, -0.2) is 0 Å². The highest BCUT2D eigenvalue weighted by atomic mass is 32.2. The van der Waals surface area contributed by atoms with Crippen molar-refractivity contribution in [3.05, 3.63) is 108 Å². The van der Waals surface area contributed by atoms with E-state index >= 15 is 0 Å². The van der Waals surface area contributed by atoms with E-state index < -0.39 is 0 Å². The molecule has 0 saturated carbocycles. The van der Waals surface area contributed by atoms with Gasteiger partial charge in [-0.1, -0.05) is 109 Å². The average molecular weight is 343 g/mol. The molecule has 0 aliphatic rings. The normalized spacial score (nSPS) is 11.4. The van der Waals surface area contributed by atoms with Crippen LogP contribution in [0.3, 0.4) is 0 Å². The van der Waals surface area contributed by atoms with Crippen molar-refractivity contribution >= 4 is 11.8 Å². The van der Waals surface area contributed by atoms with E-state index in [4.69, 9.17) is 0 Å². The Morgan fingerprint density at radius 3 is 1.92 bits per heavy atom. The van der Waals surface area contributed by atoms with Gasteiger partial charge in [-0.05, 0) is 21.9 Å². The summed E-state index contributed by atoms with van der Waals surface area (Å²) in [4.78, 5) is 0. The second-order valence-electron chi connectivity index (χ2n) is 5.73. The van der Waals surface area contributed by atoms with E-state index in [-0.39, 0.29) is 6.04 Å². The Hall–Kier alpha value is -2.47. The maximum Gasteiger partial charge on any atom is 0.0957 e. The lowest BCUT2D eigenvalue weighted by molar-refractivity contribution is 0.636. The van der Waals surface area contributed by atoms with E-state index in [2.05, 4.69) is 89.3 Å². The maximum absolute atomic E-state index is 3.56. The lowest BCUT2D eigenvalue weighted by atomic mass is 10.1. The van der Waals surface area contributed by atoms with Gasteiger partial charge in [-0.3, -0.25) is 5.32 Å². The lowest BCUT2D eigenvalue weighted by Crippen LogP contribution is -2.19. The molecule has 124 valence electrons. The Morgan fingerprint density at radius 1 is 0.720 bits per heavy atom. The molecule has 0 radical (unpaired) electrons. The van der Waals surface area contributed by atoms with Crippen LogP contribution in [0.25, 0.3) is 0 Å². The third-order valence-corrected chi connectivity index (χ3v) is 4.58. The van der Waals surface area contributed by atoms with Crippen molar-refractivity contribution in [2.24, 2.45) is 0 Å². The number of thioether (sulfide) groups is 1. The zero-order chi connectivity index (χ0) is 17.2. The summed E-state index contributed by atoms with van der Waals surface area (Å²) in [6, 6.07) is 31.3. The molecule has 0 bridgehead atoms. The quantitative estimate of drug-likeness (QED) is 0.600. The first kappa shape index (κ1) is 17.4. The average Bonchev–Trinajstić information content (AvgIpc) is 2.70. The Morgan fingerprint density at radius 2 is 1.28 bits per heavy atom. The van der Waals surface area contributed by atoms with Gasteiger partial charge in [0, 0.05) is 12.3 Å². The molecule has 1 nitrogen and oxygen atoms in total. The van der Waals surface area contributed by atoms with Crippen LogP contribution in [0.5, 0.6) is 0 Å². The van der Waals surface area contributed by atoms with Crippen LogP contribution in [0.2, 0.25) is 0 Å². The van der Waals surface area contributed by atoms with Crippen molar-refractivity contribution in [1.82, 2.24) is 5.32 Å². The zero-order valence-electron chi connectivity index (χ0n) is 14.1. The number of nitrogens with one attached hydrogen (secondary N) is 1. The van der Waals surface area contributed by atoms with E-state index in [0.717, 1.165) is 12.3 Å². The van der Waals surface area contributed by atoms with Gasteiger partial charge in [0.05, 0.1) is 6.04 Å². The summed E-state index contributed by atoms with van der Waals surface area (Å²) in [5.41, 5.74) is 3.77. The van der Waals surface area contributed by atoms with Crippen molar-refractivity contribution in [2.45, 2.75) is 18.3 Å². The predicted molar refractivity (Wildman–Crippen MR) is 108 cm³/mol. The summed E-state index contributed by atoms with van der Waals surface area (Å²) in [5, 5.41) is 6.84. The van der Waals surface area contributed by atoms with E-state index in [1.54, 1.807) is 11.8 Å². The summed E-state index contributed by atoms with van der Waals surface area (Å²) >= 11 is 1.65. The minimum absolute atomic E-state index is 0.0321. The molecule has 0 fully saturated rings. The van der Waals surface area contributed by atoms with Gasteiger partial charge in [-0.2, -0.15) is 0 Å². The topological polar surface area (TPSA) is 12.0 Å². The van der Waals surface area contributed by atoms with Gasteiger partial charge >= 0.3 is 0 Å². The lowest BCUT2D eigenvalue weighted by Gasteiger charge is -2.13. The largest absolute Gasteiger partial charge is 0.296 e. The van der Waals surface area contributed by atoms with Crippen molar-refractivity contribution in [3.8, 4) is 11.2 Å². The first-order valence-electron chi connectivity index (χ1n) is 8.40. The van der Waals surface area contributed by atoms with Crippen molar-refractivity contribution < 1.29 is 0 Å². The number of hydrogen-bond acceptors (Lipinski definition) is 2. The summed E-state index contributed by atoms with van der Waals surface area (Å²) in [6.45, 7) is 0.804. The van der Waals surface area contributed by atoms with Gasteiger partial charge in [0.25, 0.3) is 0 Å². The molecule has 1 unspecified atom stereocenters. The highest BCUT2D eigenvalue weighted by Gasteiger charge is 2.07. The summed E-state index contributed by atoms with van der Waals surface area (Å²) in [6.07, 6.45) is 0. The monoisotopic (exact) mass is 343 g/mol. The first-order chi connectivity index (χ1) is 12.4. The third-order valence-electron chi connectivity index (χ3n) is 3.84. The predicted octanol–water partition coefficient (Wildman–Crippen LogP) is 5.41. The van der Waals surface area contributed by atoms with Gasteiger partial charge in [0.2, 0.25) is 0 Å². The van der Waals surface area contributed by atoms with Crippen LogP contribution in [0.4, 0.5) is 0 Å². The van der Waals surface area contributed by atoms with Crippen molar-refractivity contribution in [1.29, 1.82) is 0 Å². The molecule has 0 aliphatic heterocycles. The minimum Gasteiger partial charge on any atom is -0.296 e. The SMILES string of the molecule is C(#CC(NCc1ccccc1)c1ccccc1)SCc1ccccc1. The van der Waals surface area contributed by atoms with Crippen LogP contribution >= 0.6 is 11.8 Å². The van der Waals surface area contributed by atoms with Gasteiger partial charge < -0.3 is 0 Å². The second-order valence-corrected chi connectivity index (χ2v) is 6.51. The van der Waals surface area contributed by atoms with E-state index in [9.17, 15) is 0 Å². The van der Waals surface area contributed by atoms with Crippen molar-refractivity contribution in [2.75, 3.05) is 0 Å². The zero-order valence-corrected chi connectivity index (χ0v) is 14.9. The first-order valence-corrected chi connectivity index (χ1v) is 9.39. The number of hydrogen-bond donors (Lipinski definition) is 1. The fourth-order valence-corrected chi connectivity index (χ4v) is 3.14. The fourth-order valence-electron chi connectivity index (χ4n) is 2.51. The molecule has 0 aliphatic carbocycles. The Balaban J connectivity index is 1.63. The summed E-state index contributed by atoms with van der Waals surface area (Å²) < 4.78 is 0. The van der Waals surface area contributed by atoms with Crippen LogP contribution in [0, 0.1) is 11.2 Å². The van der Waals surface area contributed by atoms with E-state index in [0.29, 0.717) is 0 Å². The van der Waals surface area contributed by atoms with Crippen LogP contribution in [-0.2, 0) is 12.3 Å². The maximum atomic E-state index is 3.56. The van der Waals surface area contributed by atoms with Gasteiger partial charge in [-0.15, -0.1) is 0 Å². The molecule has 0 saturated heterocycles. The van der Waals surface area contributed by atoms with Crippen LogP contribution in [-0.4, -0.2) is 0 Å². The highest BCUT2D eigenvalue weighted by Crippen LogP contribution is 2.15. The molecule has 2 heteroatoms. The van der Waals surface area contributed by atoms with E-state index in [1.807, 2.05) is 18.2 Å². The summed E-state index contributed by atoms with van der Waals surface area (Å²) in [5.74, 6) is 4.29. The third kappa shape index (κ3) is 5.83. The van der Waals surface area contributed by atoms with Crippen LogP contribution in [0.15, 0.2) is 91.0 Å². The highest BCUT2D eigenvalue weighted by molar-refractivity contribution is 8.03. The van der Waals surface area contributed by atoms with Gasteiger partial charge in [0.1, 0.15) is 0 Å². The molecule has 0 aromatic heterocycles. The molecule has 1 N–H and O–H groups in total. The molecular weight excluding hydrogens is 322 g/mol.